The number of carbonyl (C=O) groups is 1. The van der Waals surface area contributed by atoms with E-state index in [0.29, 0.717) is 5.56 Å². The number of para-hydroxylation sites is 1. The van der Waals surface area contributed by atoms with Gasteiger partial charge in [0.25, 0.3) is 0 Å². The van der Waals surface area contributed by atoms with E-state index in [4.69, 9.17) is 5.11 Å². The van der Waals surface area contributed by atoms with Gasteiger partial charge in [-0.2, -0.15) is 8.78 Å². The fourth-order valence-corrected chi connectivity index (χ4v) is 1.41. The van der Waals surface area contributed by atoms with E-state index in [1.807, 2.05) is 0 Å². The molecule has 0 unspecified atom stereocenters. The summed E-state index contributed by atoms with van der Waals surface area (Å²) in [6, 6.07) is 6.21. The van der Waals surface area contributed by atoms with E-state index in [1.54, 1.807) is 18.2 Å². The molecule has 17 heavy (non-hydrogen) atoms. The summed E-state index contributed by atoms with van der Waals surface area (Å²) in [6.07, 6.45) is 0.130. The first-order chi connectivity index (χ1) is 7.83. The molecule has 94 valence electrons. The molecule has 0 aliphatic rings. The SMILES string of the molecule is CC(C)(Cc1ccccc1OC(F)F)C(=O)O. The van der Waals surface area contributed by atoms with Crippen LogP contribution in [0.5, 0.6) is 5.75 Å². The maximum Gasteiger partial charge on any atom is 0.387 e. The zero-order valence-electron chi connectivity index (χ0n) is 9.61. The fraction of sp³-hybridized carbons (Fsp3) is 0.417. The van der Waals surface area contributed by atoms with E-state index in [0.717, 1.165) is 0 Å². The lowest BCUT2D eigenvalue weighted by Crippen LogP contribution is -2.26. The molecule has 0 aliphatic carbocycles. The molecular weight excluding hydrogens is 230 g/mol. The number of halogens is 2. The third-order valence-corrected chi connectivity index (χ3v) is 2.40. The summed E-state index contributed by atoms with van der Waals surface area (Å²) in [5, 5.41) is 8.99. The zero-order valence-corrected chi connectivity index (χ0v) is 9.61. The normalized spacial score (nSPS) is 11.6. The second-order valence-electron chi connectivity index (χ2n) is 4.35. The van der Waals surface area contributed by atoms with E-state index < -0.39 is 18.0 Å². The van der Waals surface area contributed by atoms with Gasteiger partial charge in [0.2, 0.25) is 0 Å². The van der Waals surface area contributed by atoms with Crippen molar-refractivity contribution >= 4 is 5.97 Å². The smallest absolute Gasteiger partial charge is 0.387 e. The van der Waals surface area contributed by atoms with Crippen LogP contribution < -0.4 is 4.74 Å². The second-order valence-corrected chi connectivity index (χ2v) is 4.35. The highest BCUT2D eigenvalue weighted by Crippen LogP contribution is 2.28. The standard InChI is InChI=1S/C12H14F2O3/c1-12(2,10(15)16)7-8-5-3-4-6-9(8)17-11(13)14/h3-6,11H,7H2,1-2H3,(H,15,16). The van der Waals surface area contributed by atoms with Gasteiger partial charge in [0.1, 0.15) is 5.75 Å². The van der Waals surface area contributed by atoms with E-state index in [1.165, 1.54) is 19.9 Å². The van der Waals surface area contributed by atoms with Gasteiger partial charge in [0.15, 0.2) is 0 Å². The number of ether oxygens (including phenoxy) is 1. The van der Waals surface area contributed by atoms with E-state index in [9.17, 15) is 13.6 Å². The number of alkyl halides is 2. The maximum absolute atomic E-state index is 12.2. The Morgan fingerprint density at radius 3 is 2.53 bits per heavy atom. The molecule has 0 saturated heterocycles. The maximum atomic E-state index is 12.2. The zero-order chi connectivity index (χ0) is 13.1. The lowest BCUT2D eigenvalue weighted by molar-refractivity contribution is -0.146. The number of carboxylic acids is 1. The Balaban J connectivity index is 2.94. The Morgan fingerprint density at radius 1 is 1.41 bits per heavy atom. The monoisotopic (exact) mass is 244 g/mol. The van der Waals surface area contributed by atoms with E-state index in [2.05, 4.69) is 4.74 Å². The van der Waals surface area contributed by atoms with Gasteiger partial charge in [-0.1, -0.05) is 18.2 Å². The molecule has 1 aromatic rings. The number of rotatable bonds is 5. The van der Waals surface area contributed by atoms with Crippen molar-refractivity contribution in [3.05, 3.63) is 29.8 Å². The highest BCUT2D eigenvalue weighted by Gasteiger charge is 2.28. The molecule has 0 saturated carbocycles. The van der Waals surface area contributed by atoms with Crippen LogP contribution in [-0.2, 0) is 11.2 Å². The third kappa shape index (κ3) is 3.69. The number of benzene rings is 1. The highest BCUT2D eigenvalue weighted by molar-refractivity contribution is 5.74. The van der Waals surface area contributed by atoms with Crippen molar-refractivity contribution in [1.82, 2.24) is 0 Å². The van der Waals surface area contributed by atoms with Crippen LogP contribution in [-0.4, -0.2) is 17.7 Å². The van der Waals surface area contributed by atoms with Crippen LogP contribution in [0.1, 0.15) is 19.4 Å². The molecule has 0 spiro atoms. The molecule has 0 amide bonds. The molecule has 0 aromatic heterocycles. The summed E-state index contributed by atoms with van der Waals surface area (Å²) in [5.41, 5.74) is -0.568. The van der Waals surface area contributed by atoms with Crippen LogP contribution >= 0.6 is 0 Å². The molecule has 5 heteroatoms. The quantitative estimate of drug-likeness (QED) is 0.866. The molecule has 3 nitrogen and oxygen atoms in total. The molecule has 1 aromatic carbocycles. The van der Waals surface area contributed by atoms with Crippen molar-refractivity contribution < 1.29 is 23.4 Å². The minimum absolute atomic E-state index is 0.0248. The van der Waals surface area contributed by atoms with Crippen molar-refractivity contribution in [1.29, 1.82) is 0 Å². The van der Waals surface area contributed by atoms with Crippen molar-refractivity contribution in [3.63, 3.8) is 0 Å². The Bertz CT molecular complexity index is 402. The van der Waals surface area contributed by atoms with Gasteiger partial charge in [-0.25, -0.2) is 0 Å². The van der Waals surface area contributed by atoms with Gasteiger partial charge < -0.3 is 9.84 Å². The number of hydrogen-bond donors (Lipinski definition) is 1. The molecular formula is C12H14F2O3. The second kappa shape index (κ2) is 5.12. The summed E-state index contributed by atoms with van der Waals surface area (Å²) < 4.78 is 28.7. The molecule has 0 heterocycles. The molecule has 0 fully saturated rings. The lowest BCUT2D eigenvalue weighted by Gasteiger charge is -2.20. The number of aliphatic carboxylic acids is 1. The summed E-state index contributed by atoms with van der Waals surface area (Å²) in [5.74, 6) is -0.957. The summed E-state index contributed by atoms with van der Waals surface area (Å²) in [4.78, 5) is 11.0. The summed E-state index contributed by atoms with van der Waals surface area (Å²) >= 11 is 0. The number of carboxylic acid groups (broad SMARTS) is 1. The lowest BCUT2D eigenvalue weighted by atomic mass is 9.85. The number of hydrogen-bond acceptors (Lipinski definition) is 2. The van der Waals surface area contributed by atoms with Crippen LogP contribution in [0.15, 0.2) is 24.3 Å². The molecule has 0 bridgehead atoms. The van der Waals surface area contributed by atoms with Crippen LogP contribution in [0.2, 0.25) is 0 Å². The van der Waals surface area contributed by atoms with Gasteiger partial charge >= 0.3 is 12.6 Å². The molecule has 0 radical (unpaired) electrons. The average molecular weight is 244 g/mol. The van der Waals surface area contributed by atoms with E-state index >= 15 is 0 Å². The Morgan fingerprint density at radius 2 is 2.00 bits per heavy atom. The predicted molar refractivity (Wildman–Crippen MR) is 58.2 cm³/mol. The Labute approximate surface area is 98.0 Å². The van der Waals surface area contributed by atoms with Gasteiger partial charge in [-0.3, -0.25) is 4.79 Å². The summed E-state index contributed by atoms with van der Waals surface area (Å²) in [7, 11) is 0. The van der Waals surface area contributed by atoms with Gasteiger partial charge in [0.05, 0.1) is 5.41 Å². The minimum atomic E-state index is -2.91. The van der Waals surface area contributed by atoms with Gasteiger partial charge in [-0.05, 0) is 31.9 Å². The Hall–Kier alpha value is -1.65. The van der Waals surface area contributed by atoms with Gasteiger partial charge in [0, 0.05) is 0 Å². The first-order valence-corrected chi connectivity index (χ1v) is 5.09. The topological polar surface area (TPSA) is 46.5 Å². The highest BCUT2D eigenvalue weighted by atomic mass is 19.3. The predicted octanol–water partition coefficient (Wildman–Crippen LogP) is 2.94. The summed E-state index contributed by atoms with van der Waals surface area (Å²) in [6.45, 7) is 0.160. The molecule has 1 N–H and O–H groups in total. The van der Waals surface area contributed by atoms with Crippen molar-refractivity contribution in [2.24, 2.45) is 5.41 Å². The fourth-order valence-electron chi connectivity index (χ4n) is 1.41. The molecule has 0 aliphatic heterocycles. The first-order valence-electron chi connectivity index (χ1n) is 5.09. The van der Waals surface area contributed by atoms with Crippen LogP contribution in [0.4, 0.5) is 8.78 Å². The van der Waals surface area contributed by atoms with Crippen molar-refractivity contribution in [3.8, 4) is 5.75 Å². The van der Waals surface area contributed by atoms with Gasteiger partial charge in [-0.15, -0.1) is 0 Å². The van der Waals surface area contributed by atoms with Crippen LogP contribution in [0.3, 0.4) is 0 Å². The Kier molecular flexibility index (Phi) is 4.04. The first kappa shape index (κ1) is 13.4. The molecule has 0 atom stereocenters. The third-order valence-electron chi connectivity index (χ3n) is 2.40. The van der Waals surface area contributed by atoms with Crippen LogP contribution in [0.25, 0.3) is 0 Å². The molecule has 1 rings (SSSR count). The van der Waals surface area contributed by atoms with Crippen LogP contribution in [0, 0.1) is 5.41 Å². The van der Waals surface area contributed by atoms with E-state index in [-0.39, 0.29) is 12.2 Å². The minimum Gasteiger partial charge on any atom is -0.481 e. The van der Waals surface area contributed by atoms with Crippen molar-refractivity contribution in [2.75, 3.05) is 0 Å². The van der Waals surface area contributed by atoms with Crippen molar-refractivity contribution in [2.45, 2.75) is 26.9 Å². The average Bonchev–Trinajstić information content (AvgIpc) is 2.19. The largest absolute Gasteiger partial charge is 0.481 e.